The van der Waals surface area contributed by atoms with E-state index in [1.54, 1.807) is 30.8 Å². The fraction of sp³-hybridized carbons (Fsp3) is 0.316. The van der Waals surface area contributed by atoms with Crippen molar-refractivity contribution in [3.63, 3.8) is 0 Å². The summed E-state index contributed by atoms with van der Waals surface area (Å²) in [4.78, 5) is 12.0. The average molecular weight is 347 g/mol. The maximum atomic E-state index is 13.5. The number of benzene rings is 2. The minimum atomic E-state index is -0.553. The SMILES string of the molecule is Cc1ccccc1O[C@H](C)C(=O)NCCSCc1ccccc1F. The zero-order valence-electron chi connectivity index (χ0n) is 13.9. The van der Waals surface area contributed by atoms with Gasteiger partial charge in [0.05, 0.1) is 0 Å². The molecule has 0 fully saturated rings. The number of rotatable bonds is 8. The molecule has 128 valence electrons. The first kappa shape index (κ1) is 18.3. The maximum absolute atomic E-state index is 13.5. The van der Waals surface area contributed by atoms with Crippen LogP contribution >= 0.6 is 11.8 Å². The van der Waals surface area contributed by atoms with Crippen molar-refractivity contribution in [2.45, 2.75) is 25.7 Å². The molecule has 0 spiro atoms. The van der Waals surface area contributed by atoms with E-state index in [1.807, 2.05) is 37.3 Å². The van der Waals surface area contributed by atoms with E-state index in [2.05, 4.69) is 5.32 Å². The lowest BCUT2D eigenvalue weighted by Crippen LogP contribution is -2.37. The van der Waals surface area contributed by atoms with E-state index in [-0.39, 0.29) is 11.7 Å². The summed E-state index contributed by atoms with van der Waals surface area (Å²) in [6.45, 7) is 4.20. The lowest BCUT2D eigenvalue weighted by Gasteiger charge is -2.16. The lowest BCUT2D eigenvalue weighted by atomic mass is 10.2. The Morgan fingerprint density at radius 1 is 1.21 bits per heavy atom. The van der Waals surface area contributed by atoms with Gasteiger partial charge in [-0.1, -0.05) is 36.4 Å². The summed E-state index contributed by atoms with van der Waals surface area (Å²) in [5, 5.41) is 2.84. The van der Waals surface area contributed by atoms with Crippen LogP contribution in [0.1, 0.15) is 18.1 Å². The Labute approximate surface area is 146 Å². The molecule has 0 aliphatic rings. The molecule has 2 rings (SSSR count). The van der Waals surface area contributed by atoms with Gasteiger partial charge < -0.3 is 10.1 Å². The smallest absolute Gasteiger partial charge is 0.260 e. The minimum Gasteiger partial charge on any atom is -0.481 e. The van der Waals surface area contributed by atoms with E-state index in [9.17, 15) is 9.18 Å². The second-order valence-electron chi connectivity index (χ2n) is 5.46. The molecule has 1 atom stereocenters. The standard InChI is InChI=1S/C19H22FNO2S/c1-14-7-3-6-10-18(14)23-15(2)19(22)21-11-12-24-13-16-8-4-5-9-17(16)20/h3-10,15H,11-13H2,1-2H3,(H,21,22)/t15-/m1/s1. The third kappa shape index (κ3) is 5.57. The van der Waals surface area contributed by atoms with Gasteiger partial charge in [-0.15, -0.1) is 0 Å². The summed E-state index contributed by atoms with van der Waals surface area (Å²) < 4.78 is 19.2. The van der Waals surface area contributed by atoms with Crippen LogP contribution in [-0.4, -0.2) is 24.3 Å². The van der Waals surface area contributed by atoms with Crippen molar-refractivity contribution in [1.82, 2.24) is 5.32 Å². The molecule has 3 nitrogen and oxygen atoms in total. The predicted octanol–water partition coefficient (Wildman–Crippen LogP) is 3.95. The fourth-order valence-electron chi connectivity index (χ4n) is 2.12. The van der Waals surface area contributed by atoms with Crippen molar-refractivity contribution in [1.29, 1.82) is 0 Å². The van der Waals surface area contributed by atoms with Crippen LogP contribution in [0.3, 0.4) is 0 Å². The molecule has 2 aromatic rings. The Bertz CT molecular complexity index is 678. The monoisotopic (exact) mass is 347 g/mol. The van der Waals surface area contributed by atoms with E-state index in [1.165, 1.54) is 6.07 Å². The number of amides is 1. The molecule has 2 aromatic carbocycles. The highest BCUT2D eigenvalue weighted by atomic mass is 32.2. The summed E-state index contributed by atoms with van der Waals surface area (Å²) >= 11 is 1.59. The van der Waals surface area contributed by atoms with E-state index in [0.717, 1.165) is 11.3 Å². The molecule has 0 bridgehead atoms. The topological polar surface area (TPSA) is 38.3 Å². The molecule has 0 aromatic heterocycles. The highest BCUT2D eigenvalue weighted by molar-refractivity contribution is 7.98. The first-order valence-corrected chi connectivity index (χ1v) is 9.04. The Morgan fingerprint density at radius 2 is 1.92 bits per heavy atom. The van der Waals surface area contributed by atoms with Crippen molar-refractivity contribution in [2.24, 2.45) is 0 Å². The number of aryl methyl sites for hydroxylation is 1. The molecular weight excluding hydrogens is 325 g/mol. The van der Waals surface area contributed by atoms with Crippen LogP contribution in [0.15, 0.2) is 48.5 Å². The van der Waals surface area contributed by atoms with Crippen molar-refractivity contribution in [3.05, 3.63) is 65.5 Å². The van der Waals surface area contributed by atoms with E-state index in [4.69, 9.17) is 4.74 Å². The molecule has 1 N–H and O–H groups in total. The number of thioether (sulfide) groups is 1. The molecule has 0 radical (unpaired) electrons. The third-order valence-electron chi connectivity index (χ3n) is 3.53. The zero-order valence-corrected chi connectivity index (χ0v) is 14.7. The largest absolute Gasteiger partial charge is 0.481 e. The van der Waals surface area contributed by atoms with Gasteiger partial charge in [-0.3, -0.25) is 4.79 Å². The van der Waals surface area contributed by atoms with Crippen molar-refractivity contribution in [2.75, 3.05) is 12.3 Å². The second kappa shape index (κ2) is 9.33. The van der Waals surface area contributed by atoms with Gasteiger partial charge in [0.25, 0.3) is 5.91 Å². The number of hydrogen-bond acceptors (Lipinski definition) is 3. The summed E-state index contributed by atoms with van der Waals surface area (Å²) in [6, 6.07) is 14.3. The van der Waals surface area contributed by atoms with Gasteiger partial charge >= 0.3 is 0 Å². The molecule has 0 aliphatic carbocycles. The van der Waals surface area contributed by atoms with E-state index in [0.29, 0.717) is 23.6 Å². The highest BCUT2D eigenvalue weighted by Gasteiger charge is 2.14. The maximum Gasteiger partial charge on any atom is 0.260 e. The Hall–Kier alpha value is -2.01. The van der Waals surface area contributed by atoms with Gasteiger partial charge in [-0.05, 0) is 37.1 Å². The Kier molecular flexibility index (Phi) is 7.12. The average Bonchev–Trinajstić information content (AvgIpc) is 2.58. The molecule has 24 heavy (non-hydrogen) atoms. The molecule has 1 amide bonds. The van der Waals surface area contributed by atoms with Crippen LogP contribution < -0.4 is 10.1 Å². The van der Waals surface area contributed by atoms with Crippen LogP contribution in [0, 0.1) is 12.7 Å². The number of carbonyl (C=O) groups excluding carboxylic acids is 1. The quantitative estimate of drug-likeness (QED) is 0.735. The molecule has 0 saturated heterocycles. The zero-order chi connectivity index (χ0) is 17.4. The number of hydrogen-bond donors (Lipinski definition) is 1. The summed E-state index contributed by atoms with van der Waals surface area (Å²) in [6.07, 6.45) is -0.553. The molecule has 0 unspecified atom stereocenters. The van der Waals surface area contributed by atoms with Crippen molar-refractivity contribution < 1.29 is 13.9 Å². The number of para-hydroxylation sites is 1. The minimum absolute atomic E-state index is 0.148. The van der Waals surface area contributed by atoms with Gasteiger partial charge in [-0.25, -0.2) is 4.39 Å². The van der Waals surface area contributed by atoms with Crippen LogP contribution in [-0.2, 0) is 10.5 Å². The summed E-state index contributed by atoms with van der Waals surface area (Å²) in [5.74, 6) is 1.70. The van der Waals surface area contributed by atoms with Crippen molar-refractivity contribution >= 4 is 17.7 Å². The normalized spacial score (nSPS) is 11.8. The fourth-order valence-corrected chi connectivity index (χ4v) is 2.97. The molecule has 0 saturated carbocycles. The molecular formula is C19H22FNO2S. The lowest BCUT2D eigenvalue weighted by molar-refractivity contribution is -0.127. The summed E-state index contributed by atoms with van der Waals surface area (Å²) in [7, 11) is 0. The second-order valence-corrected chi connectivity index (χ2v) is 6.57. The van der Waals surface area contributed by atoms with Gasteiger partial charge in [0.1, 0.15) is 11.6 Å². The van der Waals surface area contributed by atoms with Crippen molar-refractivity contribution in [3.8, 4) is 5.75 Å². The summed E-state index contributed by atoms with van der Waals surface area (Å²) in [5.41, 5.74) is 1.68. The molecule has 0 aliphatic heterocycles. The van der Waals surface area contributed by atoms with Crippen LogP contribution in [0.5, 0.6) is 5.75 Å². The number of nitrogens with one attached hydrogen (secondary N) is 1. The van der Waals surface area contributed by atoms with Gasteiger partial charge in [0, 0.05) is 18.1 Å². The number of carbonyl (C=O) groups is 1. The van der Waals surface area contributed by atoms with Crippen LogP contribution in [0.4, 0.5) is 4.39 Å². The highest BCUT2D eigenvalue weighted by Crippen LogP contribution is 2.18. The Balaban J connectivity index is 1.67. The van der Waals surface area contributed by atoms with Gasteiger partial charge in [0.15, 0.2) is 6.10 Å². The Morgan fingerprint density at radius 3 is 2.67 bits per heavy atom. The molecule has 5 heteroatoms. The van der Waals surface area contributed by atoms with Gasteiger partial charge in [0.2, 0.25) is 0 Å². The third-order valence-corrected chi connectivity index (χ3v) is 4.54. The predicted molar refractivity (Wildman–Crippen MR) is 96.8 cm³/mol. The van der Waals surface area contributed by atoms with Gasteiger partial charge in [-0.2, -0.15) is 11.8 Å². The van der Waals surface area contributed by atoms with Crippen LogP contribution in [0.2, 0.25) is 0 Å². The first-order chi connectivity index (χ1) is 11.6. The van der Waals surface area contributed by atoms with E-state index >= 15 is 0 Å². The van der Waals surface area contributed by atoms with E-state index < -0.39 is 6.10 Å². The number of ether oxygens (including phenoxy) is 1. The molecule has 0 heterocycles. The first-order valence-electron chi connectivity index (χ1n) is 7.89. The van der Waals surface area contributed by atoms with Crippen LogP contribution in [0.25, 0.3) is 0 Å². The number of halogens is 1.